The highest BCUT2D eigenvalue weighted by Crippen LogP contribution is 2.06. The molecule has 0 radical (unpaired) electrons. The molecule has 0 aliphatic carbocycles. The highest BCUT2D eigenvalue weighted by atomic mass is 16.3. The molecule has 0 amide bonds. The van der Waals surface area contributed by atoms with Gasteiger partial charge in [0.1, 0.15) is 11.5 Å². The zero-order valence-electron chi connectivity index (χ0n) is 9.34. The Balaban J connectivity index is 2.20. The number of hydrogen-bond donors (Lipinski definition) is 1. The topological polar surface area (TPSA) is 28.4 Å². The smallest absolute Gasteiger partial charge is 0.105 e. The van der Waals surface area contributed by atoms with Crippen molar-refractivity contribution in [1.29, 1.82) is 0 Å². The van der Waals surface area contributed by atoms with E-state index >= 15 is 0 Å². The predicted molar refractivity (Wildman–Crippen MR) is 58.6 cm³/mol. The third kappa shape index (κ3) is 3.94. The average Bonchev–Trinajstić information content (AvgIpc) is 2.58. The summed E-state index contributed by atoms with van der Waals surface area (Å²) >= 11 is 0. The monoisotopic (exact) mass is 196 g/mol. The molecular formula is C11H20N2O. The van der Waals surface area contributed by atoms with Crippen molar-refractivity contribution < 1.29 is 4.42 Å². The van der Waals surface area contributed by atoms with Crippen LogP contribution in [0.15, 0.2) is 16.5 Å². The van der Waals surface area contributed by atoms with Crippen LogP contribution in [-0.2, 0) is 6.42 Å². The van der Waals surface area contributed by atoms with Crippen LogP contribution < -0.4 is 5.32 Å². The van der Waals surface area contributed by atoms with Crippen LogP contribution in [0.4, 0.5) is 0 Å². The Morgan fingerprint density at radius 1 is 1.36 bits per heavy atom. The third-order valence-corrected chi connectivity index (χ3v) is 2.28. The number of rotatable bonds is 6. The average molecular weight is 196 g/mol. The standard InChI is InChI=1S/C11H20N2O/c1-10-4-5-11(14-10)6-8-13(3)9-7-12-2/h4-5,12H,6-9H2,1-3H3. The number of likely N-dealkylation sites (N-methyl/N-ethyl adjacent to an activating group) is 2. The SMILES string of the molecule is CNCCN(C)CCc1ccc(C)o1. The first-order valence-electron chi connectivity index (χ1n) is 5.11. The molecule has 0 saturated carbocycles. The van der Waals surface area contributed by atoms with Gasteiger partial charge in [0.2, 0.25) is 0 Å². The minimum absolute atomic E-state index is 0.994. The minimum atomic E-state index is 0.994. The van der Waals surface area contributed by atoms with Crippen molar-refractivity contribution in [2.45, 2.75) is 13.3 Å². The third-order valence-electron chi connectivity index (χ3n) is 2.28. The van der Waals surface area contributed by atoms with Crippen LogP contribution in [0.1, 0.15) is 11.5 Å². The molecule has 1 rings (SSSR count). The van der Waals surface area contributed by atoms with Gasteiger partial charge in [0.05, 0.1) is 0 Å². The number of nitrogens with one attached hydrogen (secondary N) is 1. The second-order valence-corrected chi connectivity index (χ2v) is 3.67. The fourth-order valence-corrected chi connectivity index (χ4v) is 1.34. The Morgan fingerprint density at radius 2 is 2.14 bits per heavy atom. The quantitative estimate of drug-likeness (QED) is 0.743. The largest absolute Gasteiger partial charge is 0.466 e. The van der Waals surface area contributed by atoms with Crippen molar-refractivity contribution >= 4 is 0 Å². The van der Waals surface area contributed by atoms with Gasteiger partial charge in [0.25, 0.3) is 0 Å². The lowest BCUT2D eigenvalue weighted by Gasteiger charge is -2.14. The van der Waals surface area contributed by atoms with E-state index in [0.29, 0.717) is 0 Å². The predicted octanol–water partition coefficient (Wildman–Crippen LogP) is 1.28. The van der Waals surface area contributed by atoms with E-state index in [-0.39, 0.29) is 0 Å². The van der Waals surface area contributed by atoms with Crippen molar-refractivity contribution in [3.8, 4) is 0 Å². The van der Waals surface area contributed by atoms with E-state index in [1.165, 1.54) is 0 Å². The molecule has 0 aliphatic heterocycles. The molecule has 1 N–H and O–H groups in total. The molecular weight excluding hydrogens is 176 g/mol. The lowest BCUT2D eigenvalue weighted by Crippen LogP contribution is -2.28. The molecule has 0 saturated heterocycles. The van der Waals surface area contributed by atoms with Gasteiger partial charge < -0.3 is 14.6 Å². The lowest BCUT2D eigenvalue weighted by molar-refractivity contribution is 0.327. The van der Waals surface area contributed by atoms with Crippen LogP contribution in [0.25, 0.3) is 0 Å². The van der Waals surface area contributed by atoms with Gasteiger partial charge in [-0.05, 0) is 33.2 Å². The van der Waals surface area contributed by atoms with Crippen molar-refractivity contribution in [3.05, 3.63) is 23.7 Å². The second-order valence-electron chi connectivity index (χ2n) is 3.67. The summed E-state index contributed by atoms with van der Waals surface area (Å²) in [6.07, 6.45) is 0.994. The van der Waals surface area contributed by atoms with Crippen LogP contribution in [0, 0.1) is 6.92 Å². The minimum Gasteiger partial charge on any atom is -0.466 e. The van der Waals surface area contributed by atoms with Crippen molar-refractivity contribution in [2.75, 3.05) is 33.7 Å². The molecule has 14 heavy (non-hydrogen) atoms. The molecule has 0 fully saturated rings. The van der Waals surface area contributed by atoms with Gasteiger partial charge in [-0.3, -0.25) is 0 Å². The maximum absolute atomic E-state index is 5.50. The molecule has 0 spiro atoms. The fourth-order valence-electron chi connectivity index (χ4n) is 1.34. The van der Waals surface area contributed by atoms with Gasteiger partial charge in [-0.1, -0.05) is 0 Å². The Hall–Kier alpha value is -0.800. The Bertz CT molecular complexity index is 258. The first-order valence-corrected chi connectivity index (χ1v) is 5.11. The molecule has 1 aromatic heterocycles. The zero-order valence-corrected chi connectivity index (χ0v) is 9.34. The van der Waals surface area contributed by atoms with E-state index in [0.717, 1.165) is 37.6 Å². The van der Waals surface area contributed by atoms with Gasteiger partial charge in [-0.2, -0.15) is 0 Å². The molecule has 3 nitrogen and oxygen atoms in total. The first-order chi connectivity index (χ1) is 6.72. The zero-order chi connectivity index (χ0) is 10.4. The summed E-state index contributed by atoms with van der Waals surface area (Å²) in [4.78, 5) is 2.30. The van der Waals surface area contributed by atoms with Crippen LogP contribution in [0.3, 0.4) is 0 Å². The maximum Gasteiger partial charge on any atom is 0.105 e. The van der Waals surface area contributed by atoms with E-state index in [2.05, 4.69) is 23.3 Å². The van der Waals surface area contributed by atoms with E-state index in [4.69, 9.17) is 4.42 Å². The Labute approximate surface area is 86.1 Å². The molecule has 3 heteroatoms. The van der Waals surface area contributed by atoms with E-state index in [9.17, 15) is 0 Å². The number of hydrogen-bond acceptors (Lipinski definition) is 3. The molecule has 0 aromatic carbocycles. The van der Waals surface area contributed by atoms with E-state index in [1.54, 1.807) is 0 Å². The molecule has 0 atom stereocenters. The van der Waals surface area contributed by atoms with Gasteiger partial charge in [0.15, 0.2) is 0 Å². The van der Waals surface area contributed by atoms with Gasteiger partial charge >= 0.3 is 0 Å². The van der Waals surface area contributed by atoms with Crippen molar-refractivity contribution in [2.24, 2.45) is 0 Å². The molecule has 0 bridgehead atoms. The van der Waals surface area contributed by atoms with Crippen molar-refractivity contribution in [3.63, 3.8) is 0 Å². The van der Waals surface area contributed by atoms with Gasteiger partial charge in [0, 0.05) is 26.1 Å². The van der Waals surface area contributed by atoms with Crippen LogP contribution in [-0.4, -0.2) is 38.6 Å². The summed E-state index contributed by atoms with van der Waals surface area (Å²) in [6, 6.07) is 4.07. The van der Waals surface area contributed by atoms with E-state index < -0.39 is 0 Å². The summed E-state index contributed by atoms with van der Waals surface area (Å²) in [5.74, 6) is 2.08. The Morgan fingerprint density at radius 3 is 2.71 bits per heavy atom. The normalized spacial score (nSPS) is 11.1. The number of furan rings is 1. The van der Waals surface area contributed by atoms with Gasteiger partial charge in [-0.15, -0.1) is 0 Å². The second kappa shape index (κ2) is 5.83. The summed E-state index contributed by atoms with van der Waals surface area (Å²) in [5.41, 5.74) is 0. The highest BCUT2D eigenvalue weighted by Gasteiger charge is 2.01. The fraction of sp³-hybridized carbons (Fsp3) is 0.636. The summed E-state index contributed by atoms with van der Waals surface area (Å²) < 4.78 is 5.50. The van der Waals surface area contributed by atoms with Gasteiger partial charge in [-0.25, -0.2) is 0 Å². The van der Waals surface area contributed by atoms with Crippen molar-refractivity contribution in [1.82, 2.24) is 10.2 Å². The van der Waals surface area contributed by atoms with Crippen LogP contribution in [0.5, 0.6) is 0 Å². The summed E-state index contributed by atoms with van der Waals surface area (Å²) in [7, 11) is 4.11. The maximum atomic E-state index is 5.50. The molecule has 1 aromatic rings. The Kier molecular flexibility index (Phi) is 4.70. The highest BCUT2D eigenvalue weighted by molar-refractivity contribution is 5.05. The lowest BCUT2D eigenvalue weighted by atomic mass is 10.3. The van der Waals surface area contributed by atoms with E-state index in [1.807, 2.05) is 20.0 Å². The first kappa shape index (κ1) is 11.3. The number of aryl methyl sites for hydroxylation is 1. The van der Waals surface area contributed by atoms with Crippen LogP contribution >= 0.6 is 0 Å². The summed E-state index contributed by atoms with van der Waals surface area (Å²) in [5, 5.41) is 3.14. The van der Waals surface area contributed by atoms with Crippen LogP contribution in [0.2, 0.25) is 0 Å². The summed E-state index contributed by atoms with van der Waals surface area (Å²) in [6.45, 7) is 5.15. The molecule has 80 valence electrons. The molecule has 1 heterocycles. The number of nitrogens with zero attached hydrogens (tertiary/aromatic N) is 1. The molecule has 0 aliphatic rings. The molecule has 0 unspecified atom stereocenters.